The summed E-state index contributed by atoms with van der Waals surface area (Å²) >= 11 is 0. The molecule has 3 heteroatoms. The average molecular weight is 282 g/mol. The second kappa shape index (κ2) is 6.17. The van der Waals surface area contributed by atoms with Gasteiger partial charge in [-0.1, -0.05) is 18.2 Å². The highest BCUT2D eigenvalue weighted by atomic mass is 16.1. The van der Waals surface area contributed by atoms with Crippen molar-refractivity contribution in [2.45, 2.75) is 39.0 Å². The van der Waals surface area contributed by atoms with Crippen LogP contribution in [0, 0.1) is 0 Å². The van der Waals surface area contributed by atoms with E-state index in [1.165, 1.54) is 16.5 Å². The molecule has 3 nitrogen and oxygen atoms in total. The van der Waals surface area contributed by atoms with Crippen LogP contribution in [-0.2, 0) is 11.2 Å². The number of para-hydroxylation sites is 1. The van der Waals surface area contributed by atoms with E-state index in [4.69, 9.17) is 0 Å². The number of allylic oxidation sites excluding steroid dienone is 2. The van der Waals surface area contributed by atoms with Gasteiger partial charge in [0.2, 0.25) is 0 Å². The zero-order valence-corrected chi connectivity index (χ0v) is 12.5. The zero-order chi connectivity index (χ0) is 14.7. The number of aromatic nitrogens is 1. The molecule has 0 atom stereocenters. The summed E-state index contributed by atoms with van der Waals surface area (Å²) in [6, 6.07) is 8.36. The number of fused-ring (bicyclic) bond motifs is 1. The summed E-state index contributed by atoms with van der Waals surface area (Å²) in [4.78, 5) is 15.2. The van der Waals surface area contributed by atoms with Gasteiger partial charge in [-0.2, -0.15) is 0 Å². The first-order valence-corrected chi connectivity index (χ1v) is 7.77. The Balaban J connectivity index is 1.63. The Bertz CT molecular complexity index is 681. The summed E-state index contributed by atoms with van der Waals surface area (Å²) in [5.74, 6) is 0.332. The molecule has 1 aliphatic rings. The number of Topliss-reactive ketones (excluding diaryl/α,β-unsaturated/α-hetero) is 1. The molecule has 0 spiro atoms. The van der Waals surface area contributed by atoms with Gasteiger partial charge in [0, 0.05) is 41.3 Å². The van der Waals surface area contributed by atoms with E-state index in [1.807, 2.05) is 13.0 Å². The lowest BCUT2D eigenvalue weighted by Crippen LogP contribution is -2.21. The first-order chi connectivity index (χ1) is 10.3. The van der Waals surface area contributed by atoms with Crippen LogP contribution in [0.15, 0.2) is 41.7 Å². The molecule has 0 bridgehead atoms. The number of hydrogen-bond acceptors (Lipinski definition) is 2. The molecule has 0 saturated heterocycles. The van der Waals surface area contributed by atoms with Crippen molar-refractivity contribution in [1.29, 1.82) is 0 Å². The number of hydrogen-bond donors (Lipinski definition) is 2. The minimum absolute atomic E-state index is 0.332. The van der Waals surface area contributed by atoms with Gasteiger partial charge in [-0.25, -0.2) is 0 Å². The van der Waals surface area contributed by atoms with Crippen molar-refractivity contribution in [2.75, 3.05) is 6.54 Å². The van der Waals surface area contributed by atoms with Crippen LogP contribution in [-0.4, -0.2) is 17.3 Å². The minimum atomic E-state index is 0.332. The van der Waals surface area contributed by atoms with Crippen molar-refractivity contribution in [3.8, 4) is 0 Å². The molecule has 1 aromatic heterocycles. The smallest absolute Gasteiger partial charge is 0.160 e. The van der Waals surface area contributed by atoms with Crippen molar-refractivity contribution >= 4 is 16.7 Å². The van der Waals surface area contributed by atoms with Crippen LogP contribution in [0.3, 0.4) is 0 Å². The molecule has 21 heavy (non-hydrogen) atoms. The third-order valence-electron chi connectivity index (χ3n) is 4.33. The Kier molecular flexibility index (Phi) is 4.09. The third-order valence-corrected chi connectivity index (χ3v) is 4.33. The van der Waals surface area contributed by atoms with E-state index in [-0.39, 0.29) is 0 Å². The normalized spacial score (nSPS) is 18.0. The number of carbonyl (C=O) groups is 1. The predicted octanol–water partition coefficient (Wildman–Crippen LogP) is 3.72. The first kappa shape index (κ1) is 13.9. The topological polar surface area (TPSA) is 44.9 Å². The lowest BCUT2D eigenvalue weighted by Gasteiger charge is -2.17. The standard InChI is InChI=1S/C18H22N2O/c1-13(15-6-3-5-9-18(15)21)19-11-10-14-12-20-17-8-4-2-7-16(14)17/h2,4,7-8,12,19-20H,3,5-6,9-11H2,1H3/b15-13-. The molecule has 1 heterocycles. The van der Waals surface area contributed by atoms with Gasteiger partial charge in [0.1, 0.15) is 0 Å². The molecule has 1 aliphatic carbocycles. The molecule has 1 aromatic carbocycles. The molecular weight excluding hydrogens is 260 g/mol. The molecule has 0 aliphatic heterocycles. The monoisotopic (exact) mass is 282 g/mol. The van der Waals surface area contributed by atoms with E-state index < -0.39 is 0 Å². The van der Waals surface area contributed by atoms with Crippen molar-refractivity contribution < 1.29 is 4.79 Å². The third kappa shape index (κ3) is 3.02. The Labute approximate surface area is 125 Å². The molecule has 2 aromatic rings. The van der Waals surface area contributed by atoms with E-state index >= 15 is 0 Å². The second-order valence-corrected chi connectivity index (χ2v) is 5.77. The van der Waals surface area contributed by atoms with E-state index in [0.717, 1.165) is 49.9 Å². The molecule has 1 saturated carbocycles. The molecule has 110 valence electrons. The Morgan fingerprint density at radius 2 is 2.05 bits per heavy atom. The van der Waals surface area contributed by atoms with Crippen LogP contribution in [0.25, 0.3) is 10.9 Å². The van der Waals surface area contributed by atoms with Crippen molar-refractivity contribution in [1.82, 2.24) is 10.3 Å². The fourth-order valence-electron chi connectivity index (χ4n) is 3.10. The highest BCUT2D eigenvalue weighted by molar-refractivity contribution is 5.96. The van der Waals surface area contributed by atoms with Crippen molar-refractivity contribution in [3.63, 3.8) is 0 Å². The maximum Gasteiger partial charge on any atom is 0.160 e. The van der Waals surface area contributed by atoms with Crippen molar-refractivity contribution in [3.05, 3.63) is 47.3 Å². The molecule has 2 N–H and O–H groups in total. The molecule has 0 radical (unpaired) electrons. The lowest BCUT2D eigenvalue weighted by atomic mass is 9.92. The number of nitrogens with one attached hydrogen (secondary N) is 2. The SMILES string of the molecule is C/C(NCCc1c[nH]c2ccccc12)=C1\CCCCC1=O. The van der Waals surface area contributed by atoms with Gasteiger partial charge in [0.15, 0.2) is 5.78 Å². The summed E-state index contributed by atoms with van der Waals surface area (Å²) in [7, 11) is 0. The summed E-state index contributed by atoms with van der Waals surface area (Å²) in [5.41, 5.74) is 4.59. The molecule has 0 amide bonds. The van der Waals surface area contributed by atoms with Crippen LogP contribution in [0.2, 0.25) is 0 Å². The van der Waals surface area contributed by atoms with Crippen LogP contribution >= 0.6 is 0 Å². The number of rotatable bonds is 4. The number of aromatic amines is 1. The summed E-state index contributed by atoms with van der Waals surface area (Å²) in [6.45, 7) is 2.90. The Morgan fingerprint density at radius 1 is 1.24 bits per heavy atom. The van der Waals surface area contributed by atoms with Crippen LogP contribution in [0.4, 0.5) is 0 Å². The molecular formula is C18H22N2O. The van der Waals surface area contributed by atoms with E-state index in [1.54, 1.807) is 0 Å². The van der Waals surface area contributed by atoms with Gasteiger partial charge in [-0.3, -0.25) is 4.79 Å². The minimum Gasteiger partial charge on any atom is -0.388 e. The second-order valence-electron chi connectivity index (χ2n) is 5.77. The van der Waals surface area contributed by atoms with Crippen LogP contribution < -0.4 is 5.32 Å². The zero-order valence-electron chi connectivity index (χ0n) is 12.5. The average Bonchev–Trinajstić information content (AvgIpc) is 2.91. The van der Waals surface area contributed by atoms with Crippen LogP contribution in [0.5, 0.6) is 0 Å². The highest BCUT2D eigenvalue weighted by Gasteiger charge is 2.17. The van der Waals surface area contributed by atoms with Crippen molar-refractivity contribution in [2.24, 2.45) is 0 Å². The van der Waals surface area contributed by atoms with Gasteiger partial charge in [0.05, 0.1) is 0 Å². The number of H-pyrrole nitrogens is 1. The van der Waals surface area contributed by atoms with E-state index in [9.17, 15) is 4.79 Å². The van der Waals surface area contributed by atoms with Crippen LogP contribution in [0.1, 0.15) is 38.2 Å². The molecule has 1 fully saturated rings. The van der Waals surface area contributed by atoms with E-state index in [2.05, 4.69) is 34.7 Å². The predicted molar refractivity (Wildman–Crippen MR) is 86.2 cm³/mol. The fraction of sp³-hybridized carbons (Fsp3) is 0.389. The van der Waals surface area contributed by atoms with Gasteiger partial charge in [-0.05, 0) is 44.2 Å². The van der Waals surface area contributed by atoms with Gasteiger partial charge >= 0.3 is 0 Å². The summed E-state index contributed by atoms with van der Waals surface area (Å²) in [6.07, 6.45) is 6.89. The van der Waals surface area contributed by atoms with E-state index in [0.29, 0.717) is 5.78 Å². The fourth-order valence-corrected chi connectivity index (χ4v) is 3.10. The van der Waals surface area contributed by atoms with Gasteiger partial charge in [0.25, 0.3) is 0 Å². The summed E-state index contributed by atoms with van der Waals surface area (Å²) < 4.78 is 0. The number of benzene rings is 1. The lowest BCUT2D eigenvalue weighted by molar-refractivity contribution is -0.116. The Morgan fingerprint density at radius 3 is 2.90 bits per heavy atom. The number of carbonyl (C=O) groups excluding carboxylic acids is 1. The quantitative estimate of drug-likeness (QED) is 0.840. The molecule has 0 unspecified atom stereocenters. The largest absolute Gasteiger partial charge is 0.388 e. The maximum atomic E-state index is 11.9. The van der Waals surface area contributed by atoms with Gasteiger partial charge in [-0.15, -0.1) is 0 Å². The summed E-state index contributed by atoms with van der Waals surface area (Å²) in [5, 5.41) is 4.72. The Hall–Kier alpha value is -2.03. The molecule has 3 rings (SSSR count). The number of ketones is 1. The maximum absolute atomic E-state index is 11.9. The highest BCUT2D eigenvalue weighted by Crippen LogP contribution is 2.22. The first-order valence-electron chi connectivity index (χ1n) is 7.77. The van der Waals surface area contributed by atoms with Gasteiger partial charge < -0.3 is 10.3 Å².